The summed E-state index contributed by atoms with van der Waals surface area (Å²) in [7, 11) is 5.69. The molecule has 0 bridgehead atoms. The van der Waals surface area contributed by atoms with Crippen molar-refractivity contribution < 1.29 is 9.84 Å². The monoisotopic (exact) mass is 288 g/mol. The van der Waals surface area contributed by atoms with E-state index in [4.69, 9.17) is 4.74 Å². The van der Waals surface area contributed by atoms with Gasteiger partial charge in [-0.25, -0.2) is 0 Å². The van der Waals surface area contributed by atoms with Gasteiger partial charge in [0.15, 0.2) is 11.5 Å². The van der Waals surface area contributed by atoms with Crippen molar-refractivity contribution in [3.63, 3.8) is 0 Å². The van der Waals surface area contributed by atoms with E-state index in [2.05, 4.69) is 23.0 Å². The van der Waals surface area contributed by atoms with Crippen molar-refractivity contribution in [3.8, 4) is 11.5 Å². The molecule has 0 unspecified atom stereocenters. The van der Waals surface area contributed by atoms with E-state index in [1.165, 1.54) is 11.3 Å². The average Bonchev–Trinajstić information content (AvgIpc) is 2.85. The van der Waals surface area contributed by atoms with Crippen LogP contribution < -0.4 is 4.74 Å². The highest BCUT2D eigenvalue weighted by Gasteiger charge is 2.49. The summed E-state index contributed by atoms with van der Waals surface area (Å²) in [5.41, 5.74) is 2.71. The molecule has 1 saturated carbocycles. The Morgan fingerprint density at radius 1 is 1.38 bits per heavy atom. The Hall–Kier alpha value is -1.55. The van der Waals surface area contributed by atoms with Crippen molar-refractivity contribution >= 4 is 5.71 Å². The normalized spacial score (nSPS) is 31.4. The first-order chi connectivity index (χ1) is 10.1. The fraction of sp³-hybridized carbons (Fsp3) is 0.588. The van der Waals surface area contributed by atoms with Crippen LogP contribution >= 0.6 is 0 Å². The molecular formula is C17H24N2O2. The third kappa shape index (κ3) is 2.22. The fourth-order valence-electron chi connectivity index (χ4n) is 4.14. The van der Waals surface area contributed by atoms with E-state index in [1.807, 2.05) is 19.2 Å². The summed E-state index contributed by atoms with van der Waals surface area (Å²) in [6.07, 6.45) is 4.37. The molecule has 114 valence electrons. The molecule has 1 heterocycles. The highest BCUT2D eigenvalue weighted by atomic mass is 16.5. The molecule has 21 heavy (non-hydrogen) atoms. The third-order valence-electron chi connectivity index (χ3n) is 5.44. The number of phenols is 1. The number of aromatic hydroxyl groups is 1. The van der Waals surface area contributed by atoms with Gasteiger partial charge in [0.05, 0.1) is 7.11 Å². The number of likely N-dealkylation sites (N-methyl/N-ethyl adjacent to an activating group) is 1. The van der Waals surface area contributed by atoms with E-state index in [0.717, 1.165) is 32.2 Å². The lowest BCUT2D eigenvalue weighted by molar-refractivity contribution is 0.226. The average molecular weight is 288 g/mol. The predicted molar refractivity (Wildman–Crippen MR) is 84.6 cm³/mol. The largest absolute Gasteiger partial charge is 0.504 e. The number of likely N-dealkylation sites (tertiary alicyclic amines) is 1. The summed E-state index contributed by atoms with van der Waals surface area (Å²) >= 11 is 0. The topological polar surface area (TPSA) is 45.1 Å². The van der Waals surface area contributed by atoms with E-state index in [0.29, 0.717) is 11.8 Å². The molecule has 1 aliphatic heterocycles. The van der Waals surface area contributed by atoms with Crippen LogP contribution in [0.25, 0.3) is 0 Å². The minimum Gasteiger partial charge on any atom is -0.504 e. The molecule has 1 aromatic carbocycles. The summed E-state index contributed by atoms with van der Waals surface area (Å²) in [4.78, 5) is 6.88. The van der Waals surface area contributed by atoms with Crippen LogP contribution in [0.15, 0.2) is 23.2 Å². The van der Waals surface area contributed by atoms with Gasteiger partial charge in [-0.2, -0.15) is 0 Å². The third-order valence-corrected chi connectivity index (χ3v) is 5.44. The van der Waals surface area contributed by atoms with Crippen LogP contribution in [-0.2, 0) is 5.41 Å². The lowest BCUT2D eigenvalue weighted by Gasteiger charge is -2.42. The van der Waals surface area contributed by atoms with Crippen molar-refractivity contribution in [1.82, 2.24) is 4.90 Å². The van der Waals surface area contributed by atoms with Crippen molar-refractivity contribution in [2.24, 2.45) is 4.99 Å². The molecule has 2 aliphatic rings. The number of nitrogens with zero attached hydrogens (tertiary/aromatic N) is 2. The van der Waals surface area contributed by atoms with E-state index in [9.17, 15) is 5.11 Å². The van der Waals surface area contributed by atoms with Gasteiger partial charge in [-0.15, -0.1) is 0 Å². The summed E-state index contributed by atoms with van der Waals surface area (Å²) in [6, 6.07) is 6.40. The number of aliphatic imine (C=N–C) groups is 1. The highest BCUT2D eigenvalue weighted by molar-refractivity contribution is 5.86. The van der Waals surface area contributed by atoms with Crippen LogP contribution in [0.5, 0.6) is 11.5 Å². The van der Waals surface area contributed by atoms with Gasteiger partial charge in [-0.05, 0) is 50.6 Å². The number of fused-ring (bicyclic) bond motifs is 1. The summed E-state index contributed by atoms with van der Waals surface area (Å²) in [5.74, 6) is 0.789. The number of hydrogen-bond donors (Lipinski definition) is 1. The van der Waals surface area contributed by atoms with Crippen LogP contribution in [0, 0.1) is 0 Å². The summed E-state index contributed by atoms with van der Waals surface area (Å²) in [6.45, 7) is 1.11. The molecule has 1 aliphatic carbocycles. The molecule has 4 nitrogen and oxygen atoms in total. The van der Waals surface area contributed by atoms with Gasteiger partial charge >= 0.3 is 0 Å². The quantitative estimate of drug-likeness (QED) is 0.910. The van der Waals surface area contributed by atoms with E-state index >= 15 is 0 Å². The minimum absolute atomic E-state index is 0.146. The molecule has 1 aromatic rings. The van der Waals surface area contributed by atoms with Crippen LogP contribution in [0.3, 0.4) is 0 Å². The zero-order chi connectivity index (χ0) is 15.0. The SMILES string of the molecule is CN=C1CC[C@@]2(c3ccc(OC)c(O)c3)CCN(C)[C@H]2C1. The number of benzene rings is 1. The number of phenolic OH excluding ortho intramolecular Hbond substituents is 1. The molecule has 2 atom stereocenters. The Morgan fingerprint density at radius 3 is 2.86 bits per heavy atom. The standard InChI is InChI=1S/C17H24N2O2/c1-18-13-6-7-17(8-9-19(2)16(17)11-13)12-4-5-15(21-3)14(20)10-12/h4-5,10,16,20H,6-9,11H2,1-3H3/t16-,17-/m0/s1. The molecule has 0 amide bonds. The maximum Gasteiger partial charge on any atom is 0.160 e. The first-order valence-electron chi connectivity index (χ1n) is 7.63. The Kier molecular flexibility index (Phi) is 3.66. The number of ether oxygens (including phenoxy) is 1. The molecular weight excluding hydrogens is 264 g/mol. The number of methoxy groups -OCH3 is 1. The van der Waals surface area contributed by atoms with Crippen LogP contribution in [-0.4, -0.2) is 49.5 Å². The van der Waals surface area contributed by atoms with Crippen LogP contribution in [0.4, 0.5) is 0 Å². The molecule has 3 rings (SSSR count). The number of rotatable bonds is 2. The number of hydrogen-bond acceptors (Lipinski definition) is 4. The van der Waals surface area contributed by atoms with Crippen molar-refractivity contribution in [3.05, 3.63) is 23.8 Å². The first-order valence-corrected chi connectivity index (χ1v) is 7.63. The maximum atomic E-state index is 10.1. The van der Waals surface area contributed by atoms with E-state index in [-0.39, 0.29) is 11.2 Å². The lowest BCUT2D eigenvalue weighted by atomic mass is 9.65. The smallest absolute Gasteiger partial charge is 0.160 e. The van der Waals surface area contributed by atoms with Crippen molar-refractivity contribution in [2.45, 2.75) is 37.1 Å². The second kappa shape index (κ2) is 5.34. The van der Waals surface area contributed by atoms with E-state index in [1.54, 1.807) is 7.11 Å². The first kappa shape index (κ1) is 14.4. The van der Waals surface area contributed by atoms with Crippen LogP contribution in [0.1, 0.15) is 31.2 Å². The maximum absolute atomic E-state index is 10.1. The van der Waals surface area contributed by atoms with Crippen molar-refractivity contribution in [1.29, 1.82) is 0 Å². The minimum atomic E-state index is 0.146. The van der Waals surface area contributed by atoms with Gasteiger partial charge in [0.1, 0.15) is 0 Å². The van der Waals surface area contributed by atoms with Gasteiger partial charge in [0.2, 0.25) is 0 Å². The van der Waals surface area contributed by atoms with Gasteiger partial charge in [0, 0.05) is 30.6 Å². The molecule has 0 aromatic heterocycles. The molecule has 1 saturated heterocycles. The van der Waals surface area contributed by atoms with Gasteiger partial charge < -0.3 is 14.7 Å². The summed E-state index contributed by atoms with van der Waals surface area (Å²) in [5, 5.41) is 10.1. The molecule has 1 N–H and O–H groups in total. The molecule has 0 spiro atoms. The fourth-order valence-corrected chi connectivity index (χ4v) is 4.14. The molecule has 0 radical (unpaired) electrons. The Labute approximate surface area is 126 Å². The predicted octanol–water partition coefficient (Wildman–Crippen LogP) is 2.60. The molecule has 4 heteroatoms. The summed E-state index contributed by atoms with van der Waals surface area (Å²) < 4.78 is 5.17. The molecule has 2 fully saturated rings. The van der Waals surface area contributed by atoms with Crippen LogP contribution in [0.2, 0.25) is 0 Å². The lowest BCUT2D eigenvalue weighted by Crippen LogP contribution is -2.46. The van der Waals surface area contributed by atoms with Crippen molar-refractivity contribution in [2.75, 3.05) is 27.7 Å². The zero-order valence-corrected chi connectivity index (χ0v) is 13.1. The second-order valence-electron chi connectivity index (χ2n) is 6.28. The zero-order valence-electron chi connectivity index (χ0n) is 13.1. The van der Waals surface area contributed by atoms with Gasteiger partial charge in [0.25, 0.3) is 0 Å². The Balaban J connectivity index is 2.00. The Bertz CT molecular complexity index is 570. The highest BCUT2D eigenvalue weighted by Crippen LogP contribution is 2.49. The van der Waals surface area contributed by atoms with E-state index < -0.39 is 0 Å². The van der Waals surface area contributed by atoms with Gasteiger partial charge in [-0.1, -0.05) is 6.07 Å². The van der Waals surface area contributed by atoms with Gasteiger partial charge in [-0.3, -0.25) is 4.99 Å². The Morgan fingerprint density at radius 2 is 2.19 bits per heavy atom. The second-order valence-corrected chi connectivity index (χ2v) is 6.28.